The number of fused-ring (bicyclic) bond motifs is 1. The number of nitrogens with zero attached hydrogens (tertiary/aromatic N) is 4. The summed E-state index contributed by atoms with van der Waals surface area (Å²) in [4.78, 5) is 6.32. The van der Waals surface area contributed by atoms with Gasteiger partial charge in [-0.2, -0.15) is 10.5 Å². The maximum absolute atomic E-state index is 13.6. The van der Waals surface area contributed by atoms with Crippen LogP contribution in [0, 0.1) is 28.5 Å². The minimum Gasteiger partial charge on any atom is -0.381 e. The zero-order chi connectivity index (χ0) is 24.2. The van der Waals surface area contributed by atoms with Crippen molar-refractivity contribution in [2.24, 2.45) is 0 Å². The summed E-state index contributed by atoms with van der Waals surface area (Å²) in [6.07, 6.45) is 1.49. The van der Waals surface area contributed by atoms with Crippen molar-refractivity contribution in [2.75, 3.05) is 29.6 Å². The molecule has 4 rings (SSSR count). The van der Waals surface area contributed by atoms with E-state index in [-0.39, 0.29) is 5.02 Å². The molecular weight excluding hydrogens is 451 g/mol. The third-order valence-electron chi connectivity index (χ3n) is 5.39. The lowest BCUT2D eigenvalue weighted by molar-refractivity contribution is 0.628. The molecule has 8 heteroatoms. The molecule has 0 bridgehead atoms. The lowest BCUT2D eigenvalue weighted by atomic mass is 10.1. The van der Waals surface area contributed by atoms with E-state index in [0.29, 0.717) is 39.9 Å². The maximum Gasteiger partial charge on any atom is 0.141 e. The Morgan fingerprint density at radius 3 is 2.44 bits per heavy atom. The summed E-state index contributed by atoms with van der Waals surface area (Å²) in [5.74, 6) is -0.519. The quantitative estimate of drug-likeness (QED) is 0.349. The number of nitriles is 2. The zero-order valence-corrected chi connectivity index (χ0v) is 19.3. The second-order valence-electron chi connectivity index (χ2n) is 7.85. The normalized spacial score (nSPS) is 10.4. The molecule has 0 aliphatic carbocycles. The average Bonchev–Trinajstić information content (AvgIpc) is 2.84. The number of benzene rings is 3. The number of aromatic nitrogens is 1. The van der Waals surface area contributed by atoms with Crippen LogP contribution >= 0.6 is 11.6 Å². The average molecular weight is 471 g/mol. The van der Waals surface area contributed by atoms with Gasteiger partial charge in [0.2, 0.25) is 0 Å². The van der Waals surface area contributed by atoms with Gasteiger partial charge in [0.05, 0.1) is 33.4 Å². The molecule has 0 spiro atoms. The third-order valence-corrected chi connectivity index (χ3v) is 5.68. The Morgan fingerprint density at radius 2 is 1.74 bits per heavy atom. The van der Waals surface area contributed by atoms with Crippen molar-refractivity contribution in [2.45, 2.75) is 6.54 Å². The van der Waals surface area contributed by atoms with E-state index in [2.05, 4.69) is 27.8 Å². The van der Waals surface area contributed by atoms with Crippen molar-refractivity contribution < 1.29 is 4.39 Å². The molecule has 0 radical (unpaired) electrons. The molecule has 1 aromatic heterocycles. The van der Waals surface area contributed by atoms with Crippen LogP contribution in [0.15, 0.2) is 60.8 Å². The Bertz CT molecular complexity index is 1470. The van der Waals surface area contributed by atoms with Gasteiger partial charge in [0.1, 0.15) is 11.9 Å². The standard InChI is InChI=1S/C26H20ClFN6/c1-34(2)21-6-3-16(17(9-21)12-29)14-31-19-5-8-25-22(10-19)26(18(13-30)15-32-25)33-20-4-7-24(28)23(27)11-20/h3-11,15,31H,14H2,1-2H3,(H,32,33). The van der Waals surface area contributed by atoms with E-state index in [1.807, 2.05) is 55.4 Å². The number of anilines is 4. The second kappa shape index (κ2) is 9.66. The van der Waals surface area contributed by atoms with Crippen LogP contribution in [0.5, 0.6) is 0 Å². The van der Waals surface area contributed by atoms with Gasteiger partial charge in [0.25, 0.3) is 0 Å². The van der Waals surface area contributed by atoms with Gasteiger partial charge in [-0.1, -0.05) is 17.7 Å². The van der Waals surface area contributed by atoms with Crippen molar-refractivity contribution in [3.63, 3.8) is 0 Å². The fourth-order valence-corrected chi connectivity index (χ4v) is 3.72. The molecule has 0 saturated heterocycles. The van der Waals surface area contributed by atoms with Crippen LogP contribution in [-0.4, -0.2) is 19.1 Å². The topological polar surface area (TPSA) is 87.8 Å². The molecule has 0 saturated carbocycles. The first kappa shape index (κ1) is 22.8. The summed E-state index contributed by atoms with van der Waals surface area (Å²) < 4.78 is 13.6. The molecular formula is C26H20ClFN6. The smallest absolute Gasteiger partial charge is 0.141 e. The first-order chi connectivity index (χ1) is 16.4. The van der Waals surface area contributed by atoms with Gasteiger partial charge in [-0.05, 0) is 54.1 Å². The van der Waals surface area contributed by atoms with Crippen LogP contribution < -0.4 is 15.5 Å². The molecule has 0 aliphatic rings. The molecule has 6 nitrogen and oxygen atoms in total. The van der Waals surface area contributed by atoms with Gasteiger partial charge < -0.3 is 15.5 Å². The van der Waals surface area contributed by atoms with Crippen LogP contribution in [0.3, 0.4) is 0 Å². The van der Waals surface area contributed by atoms with E-state index in [0.717, 1.165) is 16.9 Å². The molecule has 0 unspecified atom stereocenters. The minimum atomic E-state index is -0.519. The van der Waals surface area contributed by atoms with E-state index in [4.69, 9.17) is 11.6 Å². The number of hydrogen-bond donors (Lipinski definition) is 2. The van der Waals surface area contributed by atoms with Crippen molar-refractivity contribution in [1.82, 2.24) is 4.98 Å². The SMILES string of the molecule is CN(C)c1ccc(CNc2ccc3ncc(C#N)c(Nc4ccc(F)c(Cl)c4)c3c2)c(C#N)c1. The Balaban J connectivity index is 1.67. The summed E-state index contributed by atoms with van der Waals surface area (Å²) in [5.41, 5.74) is 5.35. The van der Waals surface area contributed by atoms with E-state index in [1.165, 1.54) is 18.3 Å². The molecule has 0 amide bonds. The number of pyridine rings is 1. The Kier molecular flexibility index (Phi) is 6.49. The highest BCUT2D eigenvalue weighted by Crippen LogP contribution is 2.32. The van der Waals surface area contributed by atoms with E-state index < -0.39 is 5.82 Å². The van der Waals surface area contributed by atoms with Gasteiger partial charge in [-0.3, -0.25) is 4.98 Å². The highest BCUT2D eigenvalue weighted by atomic mass is 35.5. The molecule has 168 valence electrons. The van der Waals surface area contributed by atoms with Gasteiger partial charge in [-0.15, -0.1) is 0 Å². The molecule has 0 fully saturated rings. The number of halogens is 2. The molecule has 4 aromatic rings. The summed E-state index contributed by atoms with van der Waals surface area (Å²) in [6.45, 7) is 0.448. The minimum absolute atomic E-state index is 0.0159. The predicted molar refractivity (Wildman–Crippen MR) is 134 cm³/mol. The van der Waals surface area contributed by atoms with Crippen LogP contribution in [0.4, 0.5) is 27.1 Å². The number of hydrogen-bond acceptors (Lipinski definition) is 6. The van der Waals surface area contributed by atoms with E-state index in [1.54, 1.807) is 6.07 Å². The first-order valence-electron chi connectivity index (χ1n) is 10.4. The van der Waals surface area contributed by atoms with Crippen LogP contribution in [-0.2, 0) is 6.54 Å². The largest absolute Gasteiger partial charge is 0.381 e. The summed E-state index contributed by atoms with van der Waals surface area (Å²) in [5, 5.41) is 26.4. The molecule has 0 atom stereocenters. The molecule has 3 aromatic carbocycles. The molecule has 1 heterocycles. The van der Waals surface area contributed by atoms with E-state index in [9.17, 15) is 14.9 Å². The maximum atomic E-state index is 13.6. The van der Waals surface area contributed by atoms with Gasteiger partial charge in [0.15, 0.2) is 0 Å². The third kappa shape index (κ3) is 4.71. The fourth-order valence-electron chi connectivity index (χ4n) is 3.54. The van der Waals surface area contributed by atoms with Crippen LogP contribution in [0.2, 0.25) is 5.02 Å². The predicted octanol–water partition coefficient (Wildman–Crippen LogP) is 6.19. The Labute approximate surface area is 201 Å². The first-order valence-corrected chi connectivity index (χ1v) is 10.8. The van der Waals surface area contributed by atoms with Crippen molar-refractivity contribution in [3.8, 4) is 12.1 Å². The molecule has 0 aliphatic heterocycles. The van der Waals surface area contributed by atoms with Gasteiger partial charge >= 0.3 is 0 Å². The van der Waals surface area contributed by atoms with Crippen molar-refractivity contribution >= 4 is 45.3 Å². The van der Waals surface area contributed by atoms with Crippen LogP contribution in [0.25, 0.3) is 10.9 Å². The monoisotopic (exact) mass is 470 g/mol. The highest BCUT2D eigenvalue weighted by Gasteiger charge is 2.12. The van der Waals surface area contributed by atoms with Gasteiger partial charge in [0, 0.05) is 49.3 Å². The van der Waals surface area contributed by atoms with Crippen molar-refractivity contribution in [1.29, 1.82) is 10.5 Å². The number of nitrogens with one attached hydrogen (secondary N) is 2. The lowest BCUT2D eigenvalue weighted by Crippen LogP contribution is -2.10. The Morgan fingerprint density at radius 1 is 0.971 bits per heavy atom. The summed E-state index contributed by atoms with van der Waals surface area (Å²) in [7, 11) is 3.86. The molecule has 2 N–H and O–H groups in total. The Hall–Kier alpha value is -4.33. The summed E-state index contributed by atoms with van der Waals surface area (Å²) in [6, 6.07) is 20.1. The fraction of sp³-hybridized carbons (Fsp3) is 0.115. The number of rotatable bonds is 6. The lowest BCUT2D eigenvalue weighted by Gasteiger charge is -2.15. The zero-order valence-electron chi connectivity index (χ0n) is 18.5. The highest BCUT2D eigenvalue weighted by molar-refractivity contribution is 6.31. The second-order valence-corrected chi connectivity index (χ2v) is 8.25. The van der Waals surface area contributed by atoms with Crippen molar-refractivity contribution in [3.05, 3.63) is 88.3 Å². The summed E-state index contributed by atoms with van der Waals surface area (Å²) >= 11 is 5.92. The molecule has 34 heavy (non-hydrogen) atoms. The van der Waals surface area contributed by atoms with E-state index >= 15 is 0 Å². The van der Waals surface area contributed by atoms with Crippen LogP contribution in [0.1, 0.15) is 16.7 Å². The van der Waals surface area contributed by atoms with Gasteiger partial charge in [-0.25, -0.2) is 4.39 Å².